The molecule has 3 aromatic carbocycles. The maximum absolute atomic E-state index is 14.0. The Labute approximate surface area is 171 Å². The van der Waals surface area contributed by atoms with Crippen molar-refractivity contribution < 1.29 is 4.39 Å². The molecule has 1 heterocycles. The van der Waals surface area contributed by atoms with Crippen LogP contribution in [0.5, 0.6) is 0 Å². The summed E-state index contributed by atoms with van der Waals surface area (Å²) in [5.41, 5.74) is 3.77. The van der Waals surface area contributed by atoms with E-state index in [9.17, 15) is 4.39 Å². The third-order valence-corrected chi connectivity index (χ3v) is 5.39. The largest absolute Gasteiger partial charge is 0.219 e. The molecule has 1 aromatic heterocycles. The van der Waals surface area contributed by atoms with Gasteiger partial charge in [0, 0.05) is 27.5 Å². The van der Waals surface area contributed by atoms with Crippen molar-refractivity contribution in [2.45, 2.75) is 10.9 Å². The molecule has 0 aliphatic carbocycles. The summed E-state index contributed by atoms with van der Waals surface area (Å²) in [6, 6.07) is 24.3. The van der Waals surface area contributed by atoms with Crippen molar-refractivity contribution in [1.82, 2.24) is 15.2 Å². The molecule has 4 aromatic rings. The molecule has 0 aliphatic rings. The van der Waals surface area contributed by atoms with Gasteiger partial charge in [-0.2, -0.15) is 0 Å². The normalized spacial score (nSPS) is 10.8. The number of benzene rings is 3. The van der Waals surface area contributed by atoms with Crippen molar-refractivity contribution in [3.63, 3.8) is 0 Å². The Morgan fingerprint density at radius 2 is 1.39 bits per heavy atom. The van der Waals surface area contributed by atoms with Gasteiger partial charge in [0.1, 0.15) is 17.2 Å². The van der Waals surface area contributed by atoms with Crippen LogP contribution in [0.25, 0.3) is 22.5 Å². The lowest BCUT2D eigenvalue weighted by atomic mass is 10.0. The van der Waals surface area contributed by atoms with Gasteiger partial charge in [0.25, 0.3) is 0 Å². The van der Waals surface area contributed by atoms with E-state index in [4.69, 9.17) is 16.6 Å². The molecular formula is C22H15ClFN3S. The topological polar surface area (TPSA) is 38.7 Å². The molecule has 0 bridgehead atoms. The molecule has 0 unspecified atom stereocenters. The molecule has 4 rings (SSSR count). The Morgan fingerprint density at radius 3 is 2.04 bits per heavy atom. The molecule has 28 heavy (non-hydrogen) atoms. The molecule has 0 atom stereocenters. The second-order valence-electron chi connectivity index (χ2n) is 6.01. The van der Waals surface area contributed by atoms with E-state index >= 15 is 0 Å². The van der Waals surface area contributed by atoms with Crippen molar-refractivity contribution in [1.29, 1.82) is 0 Å². The third kappa shape index (κ3) is 4.06. The molecule has 0 saturated carbocycles. The molecular weight excluding hydrogens is 393 g/mol. The molecule has 138 valence electrons. The molecule has 0 saturated heterocycles. The number of rotatable bonds is 5. The lowest BCUT2D eigenvalue weighted by Crippen LogP contribution is -2.00. The average molecular weight is 408 g/mol. The van der Waals surface area contributed by atoms with E-state index < -0.39 is 0 Å². The molecule has 0 spiro atoms. The second kappa shape index (κ2) is 8.50. The number of halogens is 2. The maximum Gasteiger partial charge on any atom is 0.210 e. The second-order valence-corrected chi connectivity index (χ2v) is 7.36. The Balaban J connectivity index is 1.70. The minimum atomic E-state index is -0.336. The molecule has 0 fully saturated rings. The lowest BCUT2D eigenvalue weighted by molar-refractivity contribution is 0.617. The van der Waals surface area contributed by atoms with Crippen LogP contribution in [0.1, 0.15) is 5.56 Å². The fraction of sp³-hybridized carbons (Fsp3) is 0.0455. The first-order chi connectivity index (χ1) is 13.7. The van der Waals surface area contributed by atoms with Gasteiger partial charge in [0.15, 0.2) is 0 Å². The highest BCUT2D eigenvalue weighted by Gasteiger charge is 2.15. The molecule has 3 nitrogen and oxygen atoms in total. The molecule has 0 N–H and O–H groups in total. The summed E-state index contributed by atoms with van der Waals surface area (Å²) in [4.78, 5) is 4.72. The minimum absolute atomic E-state index is 0.325. The van der Waals surface area contributed by atoms with Gasteiger partial charge >= 0.3 is 0 Å². The first-order valence-electron chi connectivity index (χ1n) is 8.63. The van der Waals surface area contributed by atoms with Crippen molar-refractivity contribution >= 4 is 23.4 Å². The fourth-order valence-electron chi connectivity index (χ4n) is 2.77. The van der Waals surface area contributed by atoms with Gasteiger partial charge < -0.3 is 0 Å². The summed E-state index contributed by atoms with van der Waals surface area (Å²) >= 11 is 7.42. The monoisotopic (exact) mass is 407 g/mol. The van der Waals surface area contributed by atoms with E-state index in [0.29, 0.717) is 27.2 Å². The van der Waals surface area contributed by atoms with E-state index in [1.165, 1.54) is 17.8 Å². The van der Waals surface area contributed by atoms with Crippen molar-refractivity contribution in [3.8, 4) is 22.5 Å². The van der Waals surface area contributed by atoms with E-state index in [-0.39, 0.29) is 5.82 Å². The Bertz CT molecular complexity index is 1070. The van der Waals surface area contributed by atoms with Crippen LogP contribution in [-0.2, 0) is 5.75 Å². The van der Waals surface area contributed by atoms with Crippen LogP contribution in [0.3, 0.4) is 0 Å². The average Bonchev–Trinajstić information content (AvgIpc) is 2.74. The Kier molecular flexibility index (Phi) is 5.65. The number of nitrogens with zero attached hydrogens (tertiary/aromatic N) is 3. The third-order valence-electron chi connectivity index (χ3n) is 4.17. The Hall–Kier alpha value is -2.76. The molecule has 0 radical (unpaired) electrons. The van der Waals surface area contributed by atoms with Crippen LogP contribution in [0.2, 0.25) is 5.02 Å². The van der Waals surface area contributed by atoms with Gasteiger partial charge in [-0.3, -0.25) is 0 Å². The number of hydrogen-bond donors (Lipinski definition) is 0. The molecule has 0 amide bonds. The van der Waals surface area contributed by atoms with Crippen molar-refractivity contribution in [2.75, 3.05) is 0 Å². The van der Waals surface area contributed by atoms with E-state index in [0.717, 1.165) is 16.8 Å². The highest BCUT2D eigenvalue weighted by molar-refractivity contribution is 7.98. The van der Waals surface area contributed by atoms with Gasteiger partial charge in [-0.15, -0.1) is 10.2 Å². The van der Waals surface area contributed by atoms with Gasteiger partial charge in [-0.25, -0.2) is 9.37 Å². The minimum Gasteiger partial charge on any atom is -0.219 e. The van der Waals surface area contributed by atoms with Gasteiger partial charge in [-0.1, -0.05) is 90.1 Å². The van der Waals surface area contributed by atoms with Gasteiger partial charge in [0.2, 0.25) is 5.16 Å². The maximum atomic E-state index is 14.0. The first-order valence-corrected chi connectivity index (χ1v) is 10.00. The predicted molar refractivity (Wildman–Crippen MR) is 112 cm³/mol. The molecule has 6 heteroatoms. The standard InChI is InChI=1S/C22H15ClFN3S/c23-18-12-7-13-19(24)17(18)14-28-22-25-20(15-8-3-1-4-9-15)21(26-27-22)16-10-5-2-6-11-16/h1-13H,14H2. The summed E-state index contributed by atoms with van der Waals surface area (Å²) < 4.78 is 14.0. The zero-order valence-electron chi connectivity index (χ0n) is 14.7. The Morgan fingerprint density at radius 1 is 0.750 bits per heavy atom. The molecule has 0 aliphatic heterocycles. The summed E-state index contributed by atoms with van der Waals surface area (Å²) in [6.45, 7) is 0. The number of hydrogen-bond acceptors (Lipinski definition) is 4. The van der Waals surface area contributed by atoms with Crippen LogP contribution in [0.4, 0.5) is 4.39 Å². The first kappa shape index (κ1) is 18.6. The summed E-state index contributed by atoms with van der Waals surface area (Å²) in [6.07, 6.45) is 0. The summed E-state index contributed by atoms with van der Waals surface area (Å²) in [5, 5.41) is 9.54. The van der Waals surface area contributed by atoms with E-state index in [2.05, 4.69) is 10.2 Å². The van der Waals surface area contributed by atoms with Gasteiger partial charge in [0.05, 0.1) is 0 Å². The van der Waals surface area contributed by atoms with Crippen LogP contribution in [0.15, 0.2) is 84.0 Å². The number of aromatic nitrogens is 3. The SMILES string of the molecule is Fc1cccc(Cl)c1CSc1nnc(-c2ccccc2)c(-c2ccccc2)n1. The van der Waals surface area contributed by atoms with Crippen LogP contribution in [0, 0.1) is 5.82 Å². The highest BCUT2D eigenvalue weighted by Crippen LogP contribution is 2.31. The van der Waals surface area contributed by atoms with Crippen LogP contribution < -0.4 is 0 Å². The van der Waals surface area contributed by atoms with E-state index in [1.54, 1.807) is 12.1 Å². The highest BCUT2D eigenvalue weighted by atomic mass is 35.5. The van der Waals surface area contributed by atoms with Crippen molar-refractivity contribution in [2.24, 2.45) is 0 Å². The smallest absolute Gasteiger partial charge is 0.210 e. The van der Waals surface area contributed by atoms with Crippen LogP contribution in [-0.4, -0.2) is 15.2 Å². The quantitative estimate of drug-likeness (QED) is 0.364. The van der Waals surface area contributed by atoms with Gasteiger partial charge in [-0.05, 0) is 12.1 Å². The van der Waals surface area contributed by atoms with Crippen LogP contribution >= 0.6 is 23.4 Å². The number of thioether (sulfide) groups is 1. The zero-order valence-corrected chi connectivity index (χ0v) is 16.3. The lowest BCUT2D eigenvalue weighted by Gasteiger charge is -2.10. The van der Waals surface area contributed by atoms with E-state index in [1.807, 2.05) is 60.7 Å². The predicted octanol–water partition coefficient (Wildman–Crippen LogP) is 6.29. The fourth-order valence-corrected chi connectivity index (χ4v) is 3.90. The van der Waals surface area contributed by atoms with Crippen molar-refractivity contribution in [3.05, 3.63) is 95.3 Å². The summed E-state index contributed by atoms with van der Waals surface area (Å²) in [7, 11) is 0. The zero-order chi connectivity index (χ0) is 19.3. The summed E-state index contributed by atoms with van der Waals surface area (Å²) in [5.74, 6) is -0.0105.